The Kier molecular flexibility index (Phi) is 6.89. The van der Waals surface area contributed by atoms with Crippen molar-refractivity contribution < 1.29 is 18.3 Å². The first-order chi connectivity index (χ1) is 18.4. The van der Waals surface area contributed by atoms with Gasteiger partial charge in [-0.3, -0.25) is 19.7 Å². The number of aromatic nitrogens is 1. The Hall–Kier alpha value is -3.28. The molecule has 4 heterocycles. The normalized spacial score (nSPS) is 24.0. The van der Waals surface area contributed by atoms with E-state index in [2.05, 4.69) is 31.5 Å². The number of likely N-dealkylation sites (tertiary alicyclic amines) is 1. The van der Waals surface area contributed by atoms with Crippen molar-refractivity contribution in [3.05, 3.63) is 59.3 Å². The Bertz CT molecular complexity index is 1230. The molecule has 4 N–H and O–H groups in total. The molecule has 6 rings (SSSR count). The number of hydrazine groups is 2. The van der Waals surface area contributed by atoms with Crippen LogP contribution in [0.3, 0.4) is 0 Å². The molecule has 3 aliphatic heterocycles. The van der Waals surface area contributed by atoms with Gasteiger partial charge in [0.1, 0.15) is 12.0 Å². The average molecular weight is 526 g/mol. The number of alkyl halides is 1. The number of aryl methyl sites for hydroxylation is 1. The Balaban J connectivity index is 1.12. The number of hydrogen-bond acceptors (Lipinski definition) is 8. The molecule has 0 bridgehead atoms. The second-order valence-electron chi connectivity index (χ2n) is 10.7. The Morgan fingerprint density at radius 1 is 1.21 bits per heavy atom. The van der Waals surface area contributed by atoms with E-state index in [0.717, 1.165) is 62.5 Å². The Labute approximate surface area is 220 Å². The number of piperidine rings is 1. The molecule has 2 saturated heterocycles. The molecule has 3 fully saturated rings. The maximum Gasteiger partial charge on any atom is 0.254 e. The number of benzene rings is 1. The van der Waals surface area contributed by atoms with E-state index in [9.17, 15) is 13.6 Å². The van der Waals surface area contributed by atoms with E-state index in [4.69, 9.17) is 4.74 Å². The van der Waals surface area contributed by atoms with Gasteiger partial charge in [0, 0.05) is 55.8 Å². The summed E-state index contributed by atoms with van der Waals surface area (Å²) in [5.74, 6) is -0.421. The van der Waals surface area contributed by atoms with E-state index in [1.165, 1.54) is 6.07 Å². The highest BCUT2D eigenvalue weighted by molar-refractivity contribution is 5.96. The zero-order valence-corrected chi connectivity index (χ0v) is 21.3. The second kappa shape index (κ2) is 10.5. The van der Waals surface area contributed by atoms with Crippen molar-refractivity contribution in [2.75, 3.05) is 43.2 Å². The van der Waals surface area contributed by atoms with E-state index in [1.807, 2.05) is 12.3 Å². The fraction of sp³-hybridized carbons (Fsp3) is 0.481. The summed E-state index contributed by atoms with van der Waals surface area (Å²) in [5, 5.41) is 7.88. The van der Waals surface area contributed by atoms with Crippen LogP contribution in [0.4, 0.5) is 20.2 Å². The fourth-order valence-electron chi connectivity index (χ4n) is 5.11. The predicted molar refractivity (Wildman–Crippen MR) is 140 cm³/mol. The molecule has 11 heteroatoms. The van der Waals surface area contributed by atoms with Crippen molar-refractivity contribution in [1.82, 2.24) is 26.2 Å². The van der Waals surface area contributed by atoms with Gasteiger partial charge in [-0.2, -0.15) is 0 Å². The minimum Gasteiger partial charge on any atom is -0.381 e. The van der Waals surface area contributed by atoms with Gasteiger partial charge in [0.25, 0.3) is 5.91 Å². The van der Waals surface area contributed by atoms with Crippen LogP contribution in [0, 0.1) is 18.7 Å². The molecule has 0 spiro atoms. The maximum absolute atomic E-state index is 15.0. The van der Waals surface area contributed by atoms with E-state index >= 15 is 0 Å². The zero-order chi connectivity index (χ0) is 26.2. The summed E-state index contributed by atoms with van der Waals surface area (Å²) in [4.78, 5) is 19.1. The highest BCUT2D eigenvalue weighted by Gasteiger charge is 2.32. The number of carbonyl (C=O) groups excluding carboxylic acids is 1. The van der Waals surface area contributed by atoms with Crippen molar-refractivity contribution in [3.8, 4) is 0 Å². The van der Waals surface area contributed by atoms with Gasteiger partial charge in [-0.25, -0.2) is 8.78 Å². The molecule has 0 radical (unpaired) electrons. The van der Waals surface area contributed by atoms with Crippen LogP contribution in [0.15, 0.2) is 36.8 Å². The summed E-state index contributed by atoms with van der Waals surface area (Å²) >= 11 is 0. The third-order valence-electron chi connectivity index (χ3n) is 7.52. The lowest BCUT2D eigenvalue weighted by Crippen LogP contribution is -2.51. The van der Waals surface area contributed by atoms with Gasteiger partial charge in [0.2, 0.25) is 0 Å². The Morgan fingerprint density at radius 3 is 2.79 bits per heavy atom. The maximum atomic E-state index is 15.0. The lowest BCUT2D eigenvalue weighted by Gasteiger charge is -2.38. The van der Waals surface area contributed by atoms with Crippen LogP contribution in [0.1, 0.15) is 40.7 Å². The van der Waals surface area contributed by atoms with E-state index in [-0.39, 0.29) is 17.6 Å². The summed E-state index contributed by atoms with van der Waals surface area (Å²) < 4.78 is 34.8. The smallest absolute Gasteiger partial charge is 0.254 e. The van der Waals surface area contributed by atoms with Gasteiger partial charge >= 0.3 is 0 Å². The van der Waals surface area contributed by atoms with Gasteiger partial charge in [0.15, 0.2) is 0 Å². The van der Waals surface area contributed by atoms with Gasteiger partial charge in [-0.1, -0.05) is 0 Å². The minimum absolute atomic E-state index is 0.0156. The number of halogens is 2. The van der Waals surface area contributed by atoms with Gasteiger partial charge in [-0.05, 0) is 49.9 Å². The third-order valence-corrected chi connectivity index (χ3v) is 7.52. The predicted octanol–water partition coefficient (Wildman–Crippen LogP) is 2.72. The lowest BCUT2D eigenvalue weighted by molar-refractivity contribution is -0.0521. The molecule has 1 aromatic heterocycles. The molecule has 202 valence electrons. The van der Waals surface area contributed by atoms with Gasteiger partial charge < -0.3 is 20.8 Å². The molecule has 1 aliphatic carbocycles. The van der Waals surface area contributed by atoms with E-state index in [0.29, 0.717) is 23.7 Å². The number of anilines is 2. The number of ether oxygens (including phenoxy) is 1. The van der Waals surface area contributed by atoms with Crippen LogP contribution in [0.5, 0.6) is 0 Å². The summed E-state index contributed by atoms with van der Waals surface area (Å²) in [6.45, 7) is 5.52. The quantitative estimate of drug-likeness (QED) is 0.418. The first-order valence-electron chi connectivity index (χ1n) is 13.2. The number of rotatable bonds is 8. The third kappa shape index (κ3) is 5.45. The fourth-order valence-corrected chi connectivity index (χ4v) is 5.11. The van der Waals surface area contributed by atoms with Crippen molar-refractivity contribution in [1.29, 1.82) is 0 Å². The van der Waals surface area contributed by atoms with Crippen molar-refractivity contribution in [2.45, 2.75) is 44.4 Å². The highest BCUT2D eigenvalue weighted by Crippen LogP contribution is 2.29. The monoisotopic (exact) mass is 525 g/mol. The van der Waals surface area contributed by atoms with Gasteiger partial charge in [-0.15, -0.1) is 5.53 Å². The molecule has 1 amide bonds. The first-order valence-corrected chi connectivity index (χ1v) is 13.2. The highest BCUT2D eigenvalue weighted by atomic mass is 19.1. The SMILES string of the molecule is Cc1cc(F)c(C(=O)NC2CC2)cc1N1C=C(c2cncc(NC3CCN(CC4COC4)CC3F)c2)NN1. The summed E-state index contributed by atoms with van der Waals surface area (Å²) in [7, 11) is 0. The number of nitrogens with one attached hydrogen (secondary N) is 4. The molecule has 4 aliphatic rings. The lowest BCUT2D eigenvalue weighted by atomic mass is 10.00. The molecule has 1 saturated carbocycles. The standard InChI is InChI=1S/C27H33F2N7O2/c1-16-6-22(28)21(27(37)32-19-2-3-19)8-26(16)36-13-25(33-34-36)18-7-20(10-30-9-18)31-24-4-5-35(12-23(24)29)11-17-14-38-15-17/h6-10,13,17,19,23-24,31,33-34H,2-5,11-12,14-15H2,1H3,(H,32,37). The number of amides is 1. The van der Waals surface area contributed by atoms with E-state index in [1.54, 1.807) is 30.4 Å². The average Bonchev–Trinajstić information content (AvgIpc) is 3.55. The molecular formula is C27H33F2N7O2. The topological polar surface area (TPSA) is 93.8 Å². The van der Waals surface area contributed by atoms with Crippen LogP contribution in [-0.2, 0) is 4.74 Å². The van der Waals surface area contributed by atoms with Crippen molar-refractivity contribution in [2.24, 2.45) is 5.92 Å². The molecule has 9 nitrogen and oxygen atoms in total. The van der Waals surface area contributed by atoms with E-state index < -0.39 is 17.9 Å². The minimum atomic E-state index is -0.970. The number of pyridine rings is 1. The number of nitrogens with zero attached hydrogens (tertiary/aromatic N) is 3. The summed E-state index contributed by atoms with van der Waals surface area (Å²) in [6, 6.07) is 4.71. The van der Waals surface area contributed by atoms with Gasteiger partial charge in [0.05, 0.1) is 41.9 Å². The summed E-state index contributed by atoms with van der Waals surface area (Å²) in [6.07, 6.45) is 6.85. The molecule has 1 aromatic carbocycles. The number of carbonyl (C=O) groups is 1. The van der Waals surface area contributed by atoms with Crippen LogP contribution in [0.2, 0.25) is 0 Å². The molecule has 2 unspecified atom stereocenters. The molecule has 2 aromatic rings. The first kappa shape index (κ1) is 25.0. The van der Waals surface area contributed by atoms with Crippen LogP contribution in [0.25, 0.3) is 5.70 Å². The molecular weight excluding hydrogens is 492 g/mol. The van der Waals surface area contributed by atoms with Crippen LogP contribution in [-0.4, -0.2) is 66.9 Å². The van der Waals surface area contributed by atoms with Crippen LogP contribution < -0.4 is 26.6 Å². The zero-order valence-electron chi connectivity index (χ0n) is 21.3. The van der Waals surface area contributed by atoms with Crippen molar-refractivity contribution >= 4 is 23.0 Å². The van der Waals surface area contributed by atoms with Crippen LogP contribution >= 0.6 is 0 Å². The molecule has 2 atom stereocenters. The Morgan fingerprint density at radius 2 is 2.05 bits per heavy atom. The second-order valence-corrected chi connectivity index (χ2v) is 10.7. The number of hydrogen-bond donors (Lipinski definition) is 4. The van der Waals surface area contributed by atoms with Crippen molar-refractivity contribution in [3.63, 3.8) is 0 Å². The summed E-state index contributed by atoms with van der Waals surface area (Å²) in [5.41, 5.74) is 9.79. The molecule has 38 heavy (non-hydrogen) atoms. The largest absolute Gasteiger partial charge is 0.381 e.